The molecule has 1 aliphatic rings. The summed E-state index contributed by atoms with van der Waals surface area (Å²) in [6.45, 7) is 1.50. The number of ether oxygens (including phenoxy) is 2. The number of nitrogens with two attached hydrogens (primary N) is 1. The molecule has 1 heterocycles. The van der Waals surface area contributed by atoms with Crippen LogP contribution in [0.5, 0.6) is 5.75 Å². The Labute approximate surface area is 267 Å². The number of methoxy groups -OCH3 is 1. The third-order valence-corrected chi connectivity index (χ3v) is 7.58. The van der Waals surface area contributed by atoms with Gasteiger partial charge in [-0.15, -0.1) is 0 Å². The molecule has 0 aliphatic carbocycles. The third-order valence-electron chi connectivity index (χ3n) is 7.58. The Morgan fingerprint density at radius 3 is 1.78 bits per heavy atom. The highest BCUT2D eigenvalue weighted by molar-refractivity contribution is 6.38. The predicted molar refractivity (Wildman–Crippen MR) is 170 cm³/mol. The van der Waals surface area contributed by atoms with Crippen LogP contribution in [-0.2, 0) is 43.2 Å². The Hall–Kier alpha value is -5.23. The minimum Gasteiger partial charge on any atom is -0.497 e. The van der Waals surface area contributed by atoms with Crippen molar-refractivity contribution in [2.45, 2.75) is 37.4 Å². The van der Waals surface area contributed by atoms with Crippen LogP contribution in [0.2, 0.25) is 0 Å². The summed E-state index contributed by atoms with van der Waals surface area (Å²) in [6.07, 6.45) is 0.175. The number of amides is 5. The molecular formula is C34H39N5O7. The van der Waals surface area contributed by atoms with Crippen LogP contribution in [0.3, 0.4) is 0 Å². The van der Waals surface area contributed by atoms with E-state index in [1.807, 2.05) is 36.4 Å². The molecule has 242 valence electrons. The fourth-order valence-electron chi connectivity index (χ4n) is 5.00. The van der Waals surface area contributed by atoms with E-state index in [-0.39, 0.29) is 19.3 Å². The first kappa shape index (κ1) is 33.7. The van der Waals surface area contributed by atoms with Crippen molar-refractivity contribution in [3.63, 3.8) is 0 Å². The number of carbonyl (C=O) groups excluding carboxylic acids is 5. The zero-order valence-electron chi connectivity index (χ0n) is 25.6. The summed E-state index contributed by atoms with van der Waals surface area (Å²) in [5, 5.41) is 7.94. The van der Waals surface area contributed by atoms with E-state index in [1.54, 1.807) is 53.4 Å². The van der Waals surface area contributed by atoms with Crippen molar-refractivity contribution in [3.8, 4) is 5.75 Å². The van der Waals surface area contributed by atoms with Crippen LogP contribution in [0.1, 0.15) is 16.7 Å². The molecule has 5 N–H and O–H groups in total. The average molecular weight is 630 g/mol. The number of carbonyl (C=O) groups is 5. The van der Waals surface area contributed by atoms with Crippen molar-refractivity contribution in [1.82, 2.24) is 20.9 Å². The van der Waals surface area contributed by atoms with Crippen LogP contribution in [0.15, 0.2) is 84.9 Å². The molecule has 1 aliphatic heterocycles. The quantitative estimate of drug-likeness (QED) is 0.194. The molecule has 3 atom stereocenters. The molecule has 1 saturated heterocycles. The Bertz CT molecular complexity index is 1480. The number of ketones is 1. The minimum atomic E-state index is -1.33. The number of Topliss-reactive ketones (excluding diaryl/α,β-unsaturated/α-hetero) is 1. The maximum Gasteiger partial charge on any atom is 0.318 e. The first-order valence-corrected chi connectivity index (χ1v) is 15.0. The normalized spacial score (nSPS) is 14.7. The summed E-state index contributed by atoms with van der Waals surface area (Å²) in [5.74, 6) is -2.92. The van der Waals surface area contributed by atoms with Crippen LogP contribution in [0.25, 0.3) is 0 Å². The van der Waals surface area contributed by atoms with Gasteiger partial charge in [0.15, 0.2) is 0 Å². The first-order chi connectivity index (χ1) is 22.2. The average Bonchev–Trinajstić information content (AvgIpc) is 3.08. The topological polar surface area (TPSA) is 169 Å². The lowest BCUT2D eigenvalue weighted by atomic mass is 9.99. The number of urea groups is 1. The second-order valence-electron chi connectivity index (χ2n) is 10.9. The molecule has 0 radical (unpaired) electrons. The van der Waals surface area contributed by atoms with Gasteiger partial charge in [0.05, 0.1) is 20.3 Å². The maximum atomic E-state index is 13.8. The summed E-state index contributed by atoms with van der Waals surface area (Å²) in [6, 6.07) is 20.9. The summed E-state index contributed by atoms with van der Waals surface area (Å²) in [7, 11) is 1.52. The highest BCUT2D eigenvalue weighted by atomic mass is 16.5. The van der Waals surface area contributed by atoms with Gasteiger partial charge in [0.1, 0.15) is 23.9 Å². The number of morpholine rings is 1. The Morgan fingerprint density at radius 2 is 1.24 bits per heavy atom. The van der Waals surface area contributed by atoms with E-state index in [2.05, 4.69) is 16.0 Å². The van der Waals surface area contributed by atoms with Gasteiger partial charge in [-0.2, -0.15) is 0 Å². The molecule has 4 rings (SSSR count). The molecule has 12 heteroatoms. The largest absolute Gasteiger partial charge is 0.497 e. The van der Waals surface area contributed by atoms with E-state index in [0.717, 1.165) is 11.1 Å². The van der Waals surface area contributed by atoms with Crippen molar-refractivity contribution in [2.75, 3.05) is 33.4 Å². The van der Waals surface area contributed by atoms with Crippen LogP contribution in [0, 0.1) is 0 Å². The van der Waals surface area contributed by atoms with Gasteiger partial charge in [0.2, 0.25) is 17.6 Å². The molecule has 5 amide bonds. The van der Waals surface area contributed by atoms with Crippen molar-refractivity contribution < 1.29 is 33.4 Å². The smallest absolute Gasteiger partial charge is 0.318 e. The van der Waals surface area contributed by atoms with Crippen LogP contribution < -0.4 is 26.4 Å². The summed E-state index contributed by atoms with van der Waals surface area (Å²) >= 11 is 0. The molecule has 0 spiro atoms. The van der Waals surface area contributed by atoms with Crippen LogP contribution in [-0.4, -0.2) is 86.0 Å². The van der Waals surface area contributed by atoms with Gasteiger partial charge in [-0.1, -0.05) is 72.8 Å². The molecule has 0 aromatic heterocycles. The molecule has 46 heavy (non-hydrogen) atoms. The monoisotopic (exact) mass is 629 g/mol. The highest BCUT2D eigenvalue weighted by Gasteiger charge is 2.33. The Morgan fingerprint density at radius 1 is 0.717 bits per heavy atom. The molecule has 3 aromatic carbocycles. The van der Waals surface area contributed by atoms with Gasteiger partial charge in [0.25, 0.3) is 5.91 Å². The summed E-state index contributed by atoms with van der Waals surface area (Å²) < 4.78 is 10.6. The van der Waals surface area contributed by atoms with E-state index in [1.165, 1.54) is 7.11 Å². The number of primary amides is 1. The number of nitrogens with zero attached hydrogens (tertiary/aromatic N) is 1. The van der Waals surface area contributed by atoms with Gasteiger partial charge in [-0.25, -0.2) is 4.79 Å². The number of hydrogen-bond acceptors (Lipinski definition) is 7. The number of hydrogen-bond donors (Lipinski definition) is 4. The van der Waals surface area contributed by atoms with E-state index < -0.39 is 47.7 Å². The Balaban J connectivity index is 1.55. The van der Waals surface area contributed by atoms with Gasteiger partial charge < -0.3 is 36.1 Å². The predicted octanol–water partition coefficient (Wildman–Crippen LogP) is 1.16. The zero-order chi connectivity index (χ0) is 32.9. The summed E-state index contributed by atoms with van der Waals surface area (Å²) in [5.41, 5.74) is 7.72. The van der Waals surface area contributed by atoms with Crippen molar-refractivity contribution >= 4 is 29.5 Å². The molecule has 3 aromatic rings. The number of benzene rings is 3. The van der Waals surface area contributed by atoms with Gasteiger partial charge in [-0.3, -0.25) is 19.2 Å². The maximum absolute atomic E-state index is 13.8. The van der Waals surface area contributed by atoms with Gasteiger partial charge in [-0.05, 0) is 28.8 Å². The minimum absolute atomic E-state index is 0.0443. The fraction of sp³-hybridized carbons (Fsp3) is 0.324. The van der Waals surface area contributed by atoms with Crippen LogP contribution in [0.4, 0.5) is 4.79 Å². The molecule has 12 nitrogen and oxygen atoms in total. The van der Waals surface area contributed by atoms with E-state index in [9.17, 15) is 24.0 Å². The highest BCUT2D eigenvalue weighted by Crippen LogP contribution is 2.14. The molecule has 3 unspecified atom stereocenters. The zero-order valence-corrected chi connectivity index (χ0v) is 25.6. The lowest BCUT2D eigenvalue weighted by Crippen LogP contribution is -2.58. The van der Waals surface area contributed by atoms with Gasteiger partial charge in [0, 0.05) is 32.4 Å². The first-order valence-electron chi connectivity index (χ1n) is 15.0. The van der Waals surface area contributed by atoms with E-state index >= 15 is 0 Å². The second-order valence-corrected chi connectivity index (χ2v) is 10.9. The second kappa shape index (κ2) is 16.7. The van der Waals surface area contributed by atoms with Crippen molar-refractivity contribution in [2.24, 2.45) is 5.73 Å². The van der Waals surface area contributed by atoms with Gasteiger partial charge >= 0.3 is 6.03 Å². The van der Waals surface area contributed by atoms with Crippen LogP contribution >= 0.6 is 0 Å². The SMILES string of the molecule is COc1ccc(CC(NC(=O)C(Cc2ccccc2)NC(=O)N2CCOCC2)C(=O)C(=O)NC(Cc2ccccc2)C(N)=O)cc1. The molecule has 1 fully saturated rings. The summed E-state index contributed by atoms with van der Waals surface area (Å²) in [4.78, 5) is 67.6. The van der Waals surface area contributed by atoms with Crippen molar-refractivity contribution in [1.29, 1.82) is 0 Å². The molecule has 0 saturated carbocycles. The van der Waals surface area contributed by atoms with Crippen molar-refractivity contribution in [3.05, 3.63) is 102 Å². The lowest BCUT2D eigenvalue weighted by Gasteiger charge is -2.29. The number of nitrogens with one attached hydrogen (secondary N) is 3. The lowest BCUT2D eigenvalue weighted by molar-refractivity contribution is -0.141. The van der Waals surface area contributed by atoms with E-state index in [4.69, 9.17) is 15.2 Å². The molecule has 0 bridgehead atoms. The van der Waals surface area contributed by atoms with E-state index in [0.29, 0.717) is 37.6 Å². The fourth-order valence-corrected chi connectivity index (χ4v) is 5.00. The molecular weight excluding hydrogens is 590 g/mol. The number of rotatable bonds is 14. The third kappa shape index (κ3) is 9.89. The standard InChI is InChI=1S/C34H39N5O7/c1-45-26-14-12-25(13-15-26)20-27(30(40)33(43)37-28(31(35)41)21-23-8-4-2-5-9-23)36-32(42)29(22-24-10-6-3-7-11-24)38-34(44)39-16-18-46-19-17-39/h2-15,27-29H,16-22H2,1H3,(H2,35,41)(H,36,42)(H,37,43)(H,38,44). The Kier molecular flexibility index (Phi) is 12.2.